The molecule has 5 nitrogen and oxygen atoms in total. The molecule has 0 aromatic heterocycles. The molecule has 0 bridgehead atoms. The van der Waals surface area contributed by atoms with Gasteiger partial charge in [0.05, 0.1) is 12.7 Å². The summed E-state index contributed by atoms with van der Waals surface area (Å²) in [5.41, 5.74) is 10.2. The minimum Gasteiger partial charge on any atom is -0.382 e. The summed E-state index contributed by atoms with van der Waals surface area (Å²) >= 11 is 0. The minimum absolute atomic E-state index is 0.296. The number of aliphatic imine (C=N–C) groups is 1. The largest absolute Gasteiger partial charge is 0.382 e. The number of nitrogens with zero attached hydrogens (tertiary/aromatic N) is 2. The maximum Gasteiger partial charge on any atom is 0.319 e. The number of rotatable bonds is 0. The van der Waals surface area contributed by atoms with E-state index in [0.29, 0.717) is 12.4 Å². The van der Waals surface area contributed by atoms with E-state index in [1.807, 2.05) is 0 Å². The van der Waals surface area contributed by atoms with Gasteiger partial charge >= 0.3 is 6.03 Å². The van der Waals surface area contributed by atoms with Crippen LogP contribution in [-0.4, -0.2) is 23.7 Å². The van der Waals surface area contributed by atoms with E-state index in [-0.39, 0.29) is 0 Å². The fraction of sp³-hybridized carbons (Fsp3) is 0.200. The molecule has 0 aliphatic carbocycles. The van der Waals surface area contributed by atoms with Crippen LogP contribution < -0.4 is 11.5 Å². The van der Waals surface area contributed by atoms with E-state index >= 15 is 0 Å². The lowest BCUT2D eigenvalue weighted by Crippen LogP contribution is -2.35. The molecule has 10 heavy (non-hydrogen) atoms. The van der Waals surface area contributed by atoms with Gasteiger partial charge in [-0.2, -0.15) is 0 Å². The van der Waals surface area contributed by atoms with E-state index < -0.39 is 6.03 Å². The number of amides is 2. The van der Waals surface area contributed by atoms with Crippen molar-refractivity contribution in [2.75, 3.05) is 6.54 Å². The summed E-state index contributed by atoms with van der Waals surface area (Å²) in [7, 11) is 0. The Balaban J connectivity index is 2.69. The SMILES string of the molecule is NC(=O)N1C=C(N)N=CC1. The Morgan fingerprint density at radius 3 is 2.90 bits per heavy atom. The van der Waals surface area contributed by atoms with Crippen molar-refractivity contribution >= 4 is 12.2 Å². The summed E-state index contributed by atoms with van der Waals surface area (Å²) in [6, 6.07) is -0.519. The lowest BCUT2D eigenvalue weighted by Gasteiger charge is -2.15. The minimum atomic E-state index is -0.519. The highest BCUT2D eigenvalue weighted by molar-refractivity contribution is 5.78. The Morgan fingerprint density at radius 2 is 2.50 bits per heavy atom. The molecule has 0 saturated carbocycles. The van der Waals surface area contributed by atoms with Crippen LogP contribution in [0.15, 0.2) is 17.0 Å². The zero-order valence-electron chi connectivity index (χ0n) is 5.32. The fourth-order valence-corrected chi connectivity index (χ4v) is 0.633. The molecule has 1 aliphatic rings. The van der Waals surface area contributed by atoms with Crippen LogP contribution in [0.5, 0.6) is 0 Å². The maximum absolute atomic E-state index is 10.5. The van der Waals surface area contributed by atoms with Crippen LogP contribution in [0.2, 0.25) is 0 Å². The van der Waals surface area contributed by atoms with Gasteiger partial charge in [0.1, 0.15) is 5.82 Å². The van der Waals surface area contributed by atoms with Gasteiger partial charge in [-0.25, -0.2) is 9.79 Å². The van der Waals surface area contributed by atoms with Crippen LogP contribution in [0.4, 0.5) is 4.79 Å². The van der Waals surface area contributed by atoms with Gasteiger partial charge in [-0.05, 0) is 0 Å². The first-order chi connectivity index (χ1) is 4.70. The molecule has 0 unspecified atom stereocenters. The summed E-state index contributed by atoms with van der Waals surface area (Å²) < 4.78 is 0. The second kappa shape index (κ2) is 2.38. The molecule has 0 saturated heterocycles. The monoisotopic (exact) mass is 140 g/mol. The van der Waals surface area contributed by atoms with Crippen LogP contribution in [-0.2, 0) is 0 Å². The zero-order valence-corrected chi connectivity index (χ0v) is 5.32. The normalized spacial score (nSPS) is 16.8. The topological polar surface area (TPSA) is 84.7 Å². The predicted octanol–water partition coefficient (Wildman–Crippen LogP) is -0.791. The van der Waals surface area contributed by atoms with Gasteiger partial charge in [0.2, 0.25) is 0 Å². The van der Waals surface area contributed by atoms with E-state index in [4.69, 9.17) is 11.5 Å². The highest BCUT2D eigenvalue weighted by atomic mass is 16.2. The molecule has 1 aliphatic heterocycles. The summed E-state index contributed by atoms with van der Waals surface area (Å²) in [6.45, 7) is 0.399. The van der Waals surface area contributed by atoms with Gasteiger partial charge in [0.25, 0.3) is 0 Å². The first kappa shape index (κ1) is 6.60. The molecule has 0 radical (unpaired) electrons. The lowest BCUT2D eigenvalue weighted by molar-refractivity contribution is 0.228. The Kier molecular flexibility index (Phi) is 1.57. The van der Waals surface area contributed by atoms with Gasteiger partial charge < -0.3 is 11.5 Å². The molecule has 2 amide bonds. The molecular weight excluding hydrogens is 132 g/mol. The quantitative estimate of drug-likeness (QED) is 0.462. The number of primary amides is 1. The number of nitrogens with two attached hydrogens (primary N) is 2. The van der Waals surface area contributed by atoms with E-state index in [0.717, 1.165) is 0 Å². The molecule has 1 heterocycles. The Morgan fingerprint density at radius 1 is 1.80 bits per heavy atom. The third-order valence-corrected chi connectivity index (χ3v) is 1.09. The van der Waals surface area contributed by atoms with Crippen LogP contribution in [0.1, 0.15) is 0 Å². The third-order valence-electron chi connectivity index (χ3n) is 1.09. The third kappa shape index (κ3) is 1.25. The molecule has 0 atom stereocenters. The van der Waals surface area contributed by atoms with Gasteiger partial charge in [0.15, 0.2) is 0 Å². The predicted molar refractivity (Wildman–Crippen MR) is 37.1 cm³/mol. The van der Waals surface area contributed by atoms with E-state index in [1.54, 1.807) is 0 Å². The van der Waals surface area contributed by atoms with E-state index in [9.17, 15) is 4.79 Å². The molecule has 0 fully saturated rings. The smallest absolute Gasteiger partial charge is 0.319 e. The van der Waals surface area contributed by atoms with Crippen molar-refractivity contribution in [3.05, 3.63) is 12.0 Å². The lowest BCUT2D eigenvalue weighted by atomic mass is 10.5. The molecule has 4 N–H and O–H groups in total. The van der Waals surface area contributed by atoms with Crippen molar-refractivity contribution in [3.63, 3.8) is 0 Å². The van der Waals surface area contributed by atoms with Crippen molar-refractivity contribution in [2.24, 2.45) is 16.5 Å². The average Bonchev–Trinajstić information content (AvgIpc) is 1.88. The van der Waals surface area contributed by atoms with Crippen molar-refractivity contribution in [3.8, 4) is 0 Å². The van der Waals surface area contributed by atoms with Crippen LogP contribution in [0.3, 0.4) is 0 Å². The number of carbonyl (C=O) groups is 1. The standard InChI is InChI=1S/C5H8N4O/c6-4-3-9(5(7)10)2-1-8-4/h1,3H,2,6H2,(H2,7,10). The van der Waals surface area contributed by atoms with Crippen molar-refractivity contribution in [1.82, 2.24) is 4.90 Å². The van der Waals surface area contributed by atoms with Gasteiger partial charge in [-0.3, -0.25) is 4.90 Å². The number of urea groups is 1. The summed E-state index contributed by atoms with van der Waals surface area (Å²) in [6.07, 6.45) is 2.93. The first-order valence-corrected chi connectivity index (χ1v) is 2.76. The zero-order chi connectivity index (χ0) is 7.56. The van der Waals surface area contributed by atoms with Crippen LogP contribution >= 0.6 is 0 Å². The van der Waals surface area contributed by atoms with E-state index in [2.05, 4.69) is 4.99 Å². The van der Waals surface area contributed by atoms with Crippen molar-refractivity contribution < 1.29 is 4.79 Å². The maximum atomic E-state index is 10.5. The number of hydrogen-bond donors (Lipinski definition) is 2. The Bertz CT molecular complexity index is 208. The molecule has 0 aromatic carbocycles. The van der Waals surface area contributed by atoms with Crippen molar-refractivity contribution in [2.45, 2.75) is 0 Å². The highest BCUT2D eigenvalue weighted by Gasteiger charge is 2.07. The molecule has 54 valence electrons. The molecule has 1 rings (SSSR count). The number of carbonyl (C=O) groups excluding carboxylic acids is 1. The Labute approximate surface area is 58.0 Å². The van der Waals surface area contributed by atoms with Gasteiger partial charge in [0, 0.05) is 6.21 Å². The van der Waals surface area contributed by atoms with E-state index in [1.165, 1.54) is 17.3 Å². The second-order valence-electron chi connectivity index (χ2n) is 1.86. The molecular formula is C5H8N4O. The second-order valence-corrected chi connectivity index (χ2v) is 1.86. The molecule has 5 heteroatoms. The fourth-order valence-electron chi connectivity index (χ4n) is 0.633. The van der Waals surface area contributed by atoms with Gasteiger partial charge in [-0.1, -0.05) is 0 Å². The number of hydrogen-bond acceptors (Lipinski definition) is 3. The Hall–Kier alpha value is -1.52. The summed E-state index contributed by atoms with van der Waals surface area (Å²) in [4.78, 5) is 15.5. The molecule has 0 aromatic rings. The van der Waals surface area contributed by atoms with Gasteiger partial charge in [-0.15, -0.1) is 0 Å². The first-order valence-electron chi connectivity index (χ1n) is 2.76. The summed E-state index contributed by atoms with van der Waals surface area (Å²) in [5, 5.41) is 0. The van der Waals surface area contributed by atoms with Crippen LogP contribution in [0, 0.1) is 0 Å². The van der Waals surface area contributed by atoms with Crippen LogP contribution in [0.25, 0.3) is 0 Å². The summed E-state index contributed by atoms with van der Waals surface area (Å²) in [5.74, 6) is 0.296. The molecule has 0 spiro atoms. The highest BCUT2D eigenvalue weighted by Crippen LogP contribution is 1.97. The van der Waals surface area contributed by atoms with Crippen molar-refractivity contribution in [1.29, 1.82) is 0 Å². The average molecular weight is 140 g/mol.